The molecule has 9 heteroatoms. The van der Waals surface area contributed by atoms with E-state index in [-0.39, 0.29) is 6.04 Å². The van der Waals surface area contributed by atoms with Crippen LogP contribution in [0.25, 0.3) is 27.9 Å². The average Bonchev–Trinajstić information content (AvgIpc) is 3.41. The van der Waals surface area contributed by atoms with Crippen molar-refractivity contribution in [3.05, 3.63) is 30.7 Å². The summed E-state index contributed by atoms with van der Waals surface area (Å²) in [5.74, 6) is 1.33. The number of aromatic amines is 1. The Morgan fingerprint density at radius 1 is 1.27 bits per heavy atom. The van der Waals surface area contributed by atoms with Crippen molar-refractivity contribution < 1.29 is 5.11 Å². The van der Waals surface area contributed by atoms with E-state index >= 15 is 0 Å². The Balaban J connectivity index is 1.46. The highest BCUT2D eigenvalue weighted by atomic mass is 16.3. The second-order valence-electron chi connectivity index (χ2n) is 8.02. The van der Waals surface area contributed by atoms with Crippen LogP contribution in [0, 0.1) is 0 Å². The molecule has 1 aliphatic carbocycles. The SMILES string of the molecule is CCC1(O)CCC(Nc2nc(NC)c3c(-c4ccc5nccn5n4)c[nH]c3n2)CC1. The molecule has 0 radical (unpaired) electrons. The van der Waals surface area contributed by atoms with E-state index in [0.29, 0.717) is 5.95 Å². The van der Waals surface area contributed by atoms with Gasteiger partial charge in [0.1, 0.15) is 11.5 Å². The molecule has 4 aromatic heterocycles. The summed E-state index contributed by atoms with van der Waals surface area (Å²) in [7, 11) is 1.86. The molecule has 0 atom stereocenters. The summed E-state index contributed by atoms with van der Waals surface area (Å²) in [5, 5.41) is 22.7. The summed E-state index contributed by atoms with van der Waals surface area (Å²) in [5.41, 5.74) is 2.79. The molecule has 0 unspecified atom stereocenters. The molecule has 30 heavy (non-hydrogen) atoms. The van der Waals surface area contributed by atoms with Gasteiger partial charge in [-0.3, -0.25) is 0 Å². The maximum atomic E-state index is 10.5. The lowest BCUT2D eigenvalue weighted by Crippen LogP contribution is -2.38. The third kappa shape index (κ3) is 3.24. The van der Waals surface area contributed by atoms with Gasteiger partial charge in [0.2, 0.25) is 5.95 Å². The van der Waals surface area contributed by atoms with E-state index in [0.717, 1.165) is 65.9 Å². The summed E-state index contributed by atoms with van der Waals surface area (Å²) < 4.78 is 1.75. The maximum Gasteiger partial charge on any atom is 0.226 e. The number of aromatic nitrogens is 6. The van der Waals surface area contributed by atoms with Crippen LogP contribution in [0.1, 0.15) is 39.0 Å². The topological polar surface area (TPSA) is 116 Å². The number of imidazole rings is 1. The largest absolute Gasteiger partial charge is 0.390 e. The zero-order valence-electron chi connectivity index (χ0n) is 17.2. The molecule has 0 aromatic carbocycles. The first-order valence-corrected chi connectivity index (χ1v) is 10.4. The molecule has 9 nitrogen and oxygen atoms in total. The molecule has 4 aromatic rings. The fourth-order valence-electron chi connectivity index (χ4n) is 4.27. The lowest BCUT2D eigenvalue weighted by Gasteiger charge is -2.35. The van der Waals surface area contributed by atoms with Gasteiger partial charge in [0.15, 0.2) is 5.65 Å². The quantitative estimate of drug-likeness (QED) is 0.402. The van der Waals surface area contributed by atoms with E-state index in [1.165, 1.54) is 0 Å². The van der Waals surface area contributed by atoms with Crippen LogP contribution in [-0.4, -0.2) is 53.3 Å². The van der Waals surface area contributed by atoms with Crippen LogP contribution in [0.5, 0.6) is 0 Å². The highest BCUT2D eigenvalue weighted by Gasteiger charge is 2.31. The molecule has 4 N–H and O–H groups in total. The summed E-state index contributed by atoms with van der Waals surface area (Å²) in [4.78, 5) is 16.9. The molecule has 1 saturated carbocycles. The van der Waals surface area contributed by atoms with Crippen LogP contribution in [-0.2, 0) is 0 Å². The van der Waals surface area contributed by atoms with E-state index in [1.807, 2.05) is 38.5 Å². The van der Waals surface area contributed by atoms with Gasteiger partial charge < -0.3 is 20.7 Å². The van der Waals surface area contributed by atoms with Crippen LogP contribution in [0.3, 0.4) is 0 Å². The molecule has 156 valence electrons. The average molecular weight is 406 g/mol. The third-order valence-electron chi connectivity index (χ3n) is 6.21. The minimum Gasteiger partial charge on any atom is -0.390 e. The van der Waals surface area contributed by atoms with Gasteiger partial charge in [0.05, 0.1) is 16.7 Å². The molecule has 0 aliphatic heterocycles. The predicted molar refractivity (Wildman–Crippen MR) is 117 cm³/mol. The Morgan fingerprint density at radius 2 is 2.10 bits per heavy atom. The van der Waals surface area contributed by atoms with Gasteiger partial charge >= 0.3 is 0 Å². The highest BCUT2D eigenvalue weighted by molar-refractivity contribution is 6.00. The van der Waals surface area contributed by atoms with Crippen molar-refractivity contribution in [1.29, 1.82) is 0 Å². The first-order valence-electron chi connectivity index (χ1n) is 10.4. The van der Waals surface area contributed by atoms with Crippen LogP contribution in [0.2, 0.25) is 0 Å². The minimum absolute atomic E-state index is 0.263. The van der Waals surface area contributed by atoms with E-state index in [9.17, 15) is 5.11 Å². The van der Waals surface area contributed by atoms with Crippen molar-refractivity contribution in [2.24, 2.45) is 0 Å². The number of nitrogens with one attached hydrogen (secondary N) is 3. The second kappa shape index (κ2) is 7.24. The summed E-state index contributed by atoms with van der Waals surface area (Å²) >= 11 is 0. The fraction of sp³-hybridized carbons (Fsp3) is 0.429. The molecular formula is C21H26N8O. The zero-order chi connectivity index (χ0) is 20.7. The number of anilines is 2. The van der Waals surface area contributed by atoms with Crippen LogP contribution < -0.4 is 10.6 Å². The molecule has 5 rings (SSSR count). The van der Waals surface area contributed by atoms with Crippen molar-refractivity contribution in [3.63, 3.8) is 0 Å². The number of fused-ring (bicyclic) bond motifs is 2. The smallest absolute Gasteiger partial charge is 0.226 e. The van der Waals surface area contributed by atoms with E-state index in [2.05, 4.69) is 25.7 Å². The Bertz CT molecular complexity index is 1190. The van der Waals surface area contributed by atoms with Crippen molar-refractivity contribution in [2.75, 3.05) is 17.7 Å². The summed E-state index contributed by atoms with van der Waals surface area (Å²) in [6, 6.07) is 4.16. The summed E-state index contributed by atoms with van der Waals surface area (Å²) in [6.45, 7) is 2.05. The Morgan fingerprint density at radius 3 is 2.87 bits per heavy atom. The van der Waals surface area contributed by atoms with Crippen LogP contribution in [0.4, 0.5) is 11.8 Å². The van der Waals surface area contributed by atoms with Gasteiger partial charge in [-0.05, 0) is 44.2 Å². The number of rotatable bonds is 5. The molecule has 1 aliphatic rings. The number of aliphatic hydroxyl groups is 1. The standard InChI is InChI=1S/C21H26N8O/c1-3-21(30)8-6-13(7-9-21)25-20-26-18(22-2)17-14(12-24-19(17)27-20)15-4-5-16-23-10-11-29(16)28-15/h4-5,10-13,30H,3,6-9H2,1-2H3,(H3,22,24,25,26,27). The third-order valence-corrected chi connectivity index (χ3v) is 6.21. The highest BCUT2D eigenvalue weighted by Crippen LogP contribution is 2.34. The number of H-pyrrole nitrogens is 1. The second-order valence-corrected chi connectivity index (χ2v) is 8.02. The number of hydrogen-bond acceptors (Lipinski definition) is 7. The van der Waals surface area contributed by atoms with Crippen molar-refractivity contribution in [3.8, 4) is 11.3 Å². The van der Waals surface area contributed by atoms with Crippen molar-refractivity contribution in [2.45, 2.75) is 50.7 Å². The van der Waals surface area contributed by atoms with E-state index < -0.39 is 5.60 Å². The van der Waals surface area contributed by atoms with Gasteiger partial charge in [-0.2, -0.15) is 15.1 Å². The lowest BCUT2D eigenvalue weighted by molar-refractivity contribution is -0.00197. The van der Waals surface area contributed by atoms with Gasteiger partial charge in [-0.25, -0.2) is 9.50 Å². The Labute approximate surface area is 174 Å². The normalized spacial score (nSPS) is 21.9. The van der Waals surface area contributed by atoms with E-state index in [4.69, 9.17) is 9.97 Å². The molecule has 0 amide bonds. The monoisotopic (exact) mass is 406 g/mol. The molecule has 0 bridgehead atoms. The van der Waals surface area contributed by atoms with Gasteiger partial charge in [-0.1, -0.05) is 6.92 Å². The predicted octanol–water partition coefficient (Wildman–Crippen LogP) is 3.20. The summed E-state index contributed by atoms with van der Waals surface area (Å²) in [6.07, 6.45) is 9.70. The number of nitrogens with zero attached hydrogens (tertiary/aromatic N) is 5. The van der Waals surface area contributed by atoms with Crippen molar-refractivity contribution >= 4 is 28.4 Å². The lowest BCUT2D eigenvalue weighted by atomic mass is 9.80. The Hall–Kier alpha value is -3.20. The molecule has 4 heterocycles. The maximum absolute atomic E-state index is 10.5. The fourth-order valence-corrected chi connectivity index (χ4v) is 4.27. The first-order chi connectivity index (χ1) is 14.6. The molecule has 1 fully saturated rings. The van der Waals surface area contributed by atoms with Gasteiger partial charge in [-0.15, -0.1) is 0 Å². The minimum atomic E-state index is -0.517. The first kappa shape index (κ1) is 18.8. The Kier molecular flexibility index (Phi) is 4.54. The van der Waals surface area contributed by atoms with Crippen molar-refractivity contribution in [1.82, 2.24) is 29.5 Å². The van der Waals surface area contributed by atoms with Gasteiger partial charge in [0, 0.05) is 37.2 Å². The number of hydrogen-bond donors (Lipinski definition) is 4. The molecular weight excluding hydrogens is 380 g/mol. The van der Waals surface area contributed by atoms with E-state index in [1.54, 1.807) is 10.7 Å². The van der Waals surface area contributed by atoms with Gasteiger partial charge in [0.25, 0.3) is 0 Å². The molecule has 0 saturated heterocycles. The van der Waals surface area contributed by atoms with Crippen LogP contribution in [0.15, 0.2) is 30.7 Å². The zero-order valence-corrected chi connectivity index (χ0v) is 17.2. The van der Waals surface area contributed by atoms with Crippen LogP contribution >= 0.6 is 0 Å². The molecule has 0 spiro atoms.